The average molecular weight is 201 g/mol. The molecule has 0 amide bonds. The zero-order chi connectivity index (χ0) is 9.47. The number of aliphatic carboxylic acids is 1. The van der Waals surface area contributed by atoms with Crippen molar-refractivity contribution in [1.29, 1.82) is 0 Å². The molecular weight excluding hydrogens is 191 g/mol. The number of hydrogen-bond donors (Lipinski definition) is 1. The van der Waals surface area contributed by atoms with Gasteiger partial charge in [-0.2, -0.15) is 0 Å². The molecule has 0 aromatic heterocycles. The predicted octanol–water partition coefficient (Wildman–Crippen LogP) is 1.00. The van der Waals surface area contributed by atoms with Crippen molar-refractivity contribution in [2.45, 2.75) is 18.6 Å². The maximum atomic E-state index is 10.6. The number of hydrogen-bond acceptors (Lipinski definition) is 2. The van der Waals surface area contributed by atoms with Gasteiger partial charge < -0.3 is 9.84 Å². The van der Waals surface area contributed by atoms with Crippen LogP contribution in [-0.4, -0.2) is 46.7 Å². The molecule has 3 nitrogen and oxygen atoms in total. The second-order valence-electron chi connectivity index (χ2n) is 3.31. The number of benzene rings is 1. The molecule has 1 heterocycles. The van der Waals surface area contributed by atoms with Gasteiger partial charge in [-0.25, -0.2) is 4.79 Å². The smallest absolute Gasteiger partial charge is 0.336 e. The Morgan fingerprint density at radius 1 is 1.43 bits per heavy atom. The molecule has 0 spiro atoms. The van der Waals surface area contributed by atoms with E-state index in [-0.39, 0.29) is 29.6 Å². The van der Waals surface area contributed by atoms with Crippen LogP contribution in [-0.2, 0) is 15.1 Å². The first-order valence-electron chi connectivity index (χ1n) is 4.11. The summed E-state index contributed by atoms with van der Waals surface area (Å²) in [4.78, 5) is 10.6. The molecule has 1 aromatic rings. The Hall–Kier alpha value is -0.350. The van der Waals surface area contributed by atoms with Crippen LogP contribution >= 0.6 is 0 Å². The van der Waals surface area contributed by atoms with E-state index in [1.807, 2.05) is 30.3 Å². The fourth-order valence-corrected chi connectivity index (χ4v) is 1.49. The van der Waals surface area contributed by atoms with E-state index in [0.717, 1.165) is 5.56 Å². The summed E-state index contributed by atoms with van der Waals surface area (Å²) in [6.45, 7) is 1.79. The van der Waals surface area contributed by atoms with Crippen LogP contribution in [0.2, 0.25) is 0 Å². The topological polar surface area (TPSA) is 49.8 Å². The SMILES string of the molecule is CC1(c2ccccc2)OC1C(=O)O.[Na]. The fraction of sp³-hybridized carbons (Fsp3) is 0.300. The van der Waals surface area contributed by atoms with Gasteiger partial charge in [-0.3, -0.25) is 0 Å². The molecule has 0 bridgehead atoms. The monoisotopic (exact) mass is 201 g/mol. The standard InChI is InChI=1S/C10H10O3.Na/c1-10(8(13-10)9(11)12)7-5-3-2-4-6-7;/h2-6,8H,1H3,(H,11,12);. The first-order valence-corrected chi connectivity index (χ1v) is 4.11. The summed E-state index contributed by atoms with van der Waals surface area (Å²) in [5.74, 6) is -0.897. The third kappa shape index (κ3) is 1.86. The van der Waals surface area contributed by atoms with E-state index in [4.69, 9.17) is 9.84 Å². The minimum absolute atomic E-state index is 0. The van der Waals surface area contributed by atoms with E-state index in [1.165, 1.54) is 0 Å². The van der Waals surface area contributed by atoms with Gasteiger partial charge in [-0.15, -0.1) is 0 Å². The average Bonchev–Trinajstić information content (AvgIpc) is 2.82. The van der Waals surface area contributed by atoms with Gasteiger partial charge in [0.15, 0.2) is 6.10 Å². The van der Waals surface area contributed by atoms with Crippen LogP contribution in [0, 0.1) is 0 Å². The molecule has 4 heteroatoms. The summed E-state index contributed by atoms with van der Waals surface area (Å²) >= 11 is 0. The molecule has 0 saturated carbocycles. The molecule has 69 valence electrons. The van der Waals surface area contributed by atoms with Gasteiger partial charge in [0, 0.05) is 29.6 Å². The van der Waals surface area contributed by atoms with Gasteiger partial charge in [-0.05, 0) is 12.5 Å². The molecule has 2 rings (SSSR count). The third-order valence-electron chi connectivity index (χ3n) is 2.38. The van der Waals surface area contributed by atoms with Crippen molar-refractivity contribution in [3.05, 3.63) is 35.9 Å². The molecule has 1 saturated heterocycles. The summed E-state index contributed by atoms with van der Waals surface area (Å²) in [7, 11) is 0. The second kappa shape index (κ2) is 4.03. The van der Waals surface area contributed by atoms with Crippen LogP contribution in [0.5, 0.6) is 0 Å². The molecule has 1 aromatic carbocycles. The largest absolute Gasteiger partial charge is 0.479 e. The minimum atomic E-state index is -0.897. The quantitative estimate of drug-likeness (QED) is 0.573. The van der Waals surface area contributed by atoms with Gasteiger partial charge >= 0.3 is 5.97 Å². The number of ether oxygens (including phenoxy) is 1. The Balaban J connectivity index is 0.000000980. The van der Waals surface area contributed by atoms with E-state index in [9.17, 15) is 4.79 Å². The van der Waals surface area contributed by atoms with Crippen molar-refractivity contribution >= 4 is 35.5 Å². The molecule has 1 N–H and O–H groups in total. The first-order chi connectivity index (χ1) is 6.14. The van der Waals surface area contributed by atoms with Crippen LogP contribution in [0.15, 0.2) is 30.3 Å². The molecule has 2 unspecified atom stereocenters. The van der Waals surface area contributed by atoms with Gasteiger partial charge in [0.05, 0.1) is 0 Å². The zero-order valence-electron chi connectivity index (χ0n) is 8.23. The second-order valence-corrected chi connectivity index (χ2v) is 3.31. The van der Waals surface area contributed by atoms with Crippen molar-refractivity contribution in [3.8, 4) is 0 Å². The number of carbonyl (C=O) groups is 1. The predicted molar refractivity (Wildman–Crippen MR) is 52.1 cm³/mol. The van der Waals surface area contributed by atoms with Gasteiger partial charge in [-0.1, -0.05) is 30.3 Å². The molecule has 1 fully saturated rings. The summed E-state index contributed by atoms with van der Waals surface area (Å²) in [5, 5.41) is 8.73. The molecule has 0 aliphatic carbocycles. The Bertz CT molecular complexity index is 338. The summed E-state index contributed by atoms with van der Waals surface area (Å²) in [6, 6.07) is 9.40. The zero-order valence-corrected chi connectivity index (χ0v) is 10.2. The van der Waals surface area contributed by atoms with Crippen LogP contribution in [0.4, 0.5) is 0 Å². The van der Waals surface area contributed by atoms with Gasteiger partial charge in [0.1, 0.15) is 5.60 Å². The Morgan fingerprint density at radius 3 is 2.43 bits per heavy atom. The van der Waals surface area contributed by atoms with E-state index in [2.05, 4.69) is 0 Å². The third-order valence-corrected chi connectivity index (χ3v) is 2.38. The van der Waals surface area contributed by atoms with Crippen molar-refractivity contribution < 1.29 is 14.6 Å². The van der Waals surface area contributed by atoms with Crippen LogP contribution < -0.4 is 0 Å². The number of carboxylic acid groups (broad SMARTS) is 1. The van der Waals surface area contributed by atoms with E-state index < -0.39 is 17.7 Å². The van der Waals surface area contributed by atoms with Crippen molar-refractivity contribution in [2.75, 3.05) is 0 Å². The van der Waals surface area contributed by atoms with Crippen molar-refractivity contribution in [2.24, 2.45) is 0 Å². The fourth-order valence-electron chi connectivity index (χ4n) is 1.49. The number of epoxide rings is 1. The Morgan fingerprint density at radius 2 is 2.00 bits per heavy atom. The first kappa shape index (κ1) is 11.7. The maximum Gasteiger partial charge on any atom is 0.336 e. The number of rotatable bonds is 2. The molecule has 1 radical (unpaired) electrons. The maximum absolute atomic E-state index is 10.6. The van der Waals surface area contributed by atoms with Crippen LogP contribution in [0.1, 0.15) is 12.5 Å². The molecule has 1 aliphatic rings. The van der Waals surface area contributed by atoms with Gasteiger partial charge in [0.25, 0.3) is 0 Å². The van der Waals surface area contributed by atoms with Gasteiger partial charge in [0.2, 0.25) is 0 Å². The molecular formula is C10H10NaO3. The van der Waals surface area contributed by atoms with E-state index in [1.54, 1.807) is 6.92 Å². The van der Waals surface area contributed by atoms with Crippen molar-refractivity contribution in [1.82, 2.24) is 0 Å². The van der Waals surface area contributed by atoms with Crippen LogP contribution in [0.25, 0.3) is 0 Å². The normalized spacial score (nSPS) is 29.1. The Labute approximate surface area is 104 Å². The molecule has 1 aliphatic heterocycles. The number of carboxylic acids is 1. The Kier molecular flexibility index (Phi) is 3.37. The van der Waals surface area contributed by atoms with Crippen LogP contribution in [0.3, 0.4) is 0 Å². The molecule has 14 heavy (non-hydrogen) atoms. The summed E-state index contributed by atoms with van der Waals surface area (Å²) in [5.41, 5.74) is 0.301. The van der Waals surface area contributed by atoms with Crippen molar-refractivity contribution in [3.63, 3.8) is 0 Å². The molecule has 2 atom stereocenters. The minimum Gasteiger partial charge on any atom is -0.479 e. The van der Waals surface area contributed by atoms with E-state index >= 15 is 0 Å². The van der Waals surface area contributed by atoms with E-state index in [0.29, 0.717) is 0 Å². The summed E-state index contributed by atoms with van der Waals surface area (Å²) < 4.78 is 5.15. The summed E-state index contributed by atoms with van der Waals surface area (Å²) in [6.07, 6.45) is -0.685.